The van der Waals surface area contributed by atoms with E-state index in [9.17, 15) is 14.7 Å². The molecule has 6 nitrogen and oxygen atoms in total. The van der Waals surface area contributed by atoms with Gasteiger partial charge in [0.2, 0.25) is 0 Å². The van der Waals surface area contributed by atoms with Crippen LogP contribution in [0, 0.1) is 0 Å². The number of aliphatic carboxylic acids is 1. The SMILES string of the molecule is CCN1CCC2(CC1)OC[C@@H](C(=O)O)N2C(=O)c1cccs1. The van der Waals surface area contributed by atoms with E-state index < -0.39 is 17.7 Å². The summed E-state index contributed by atoms with van der Waals surface area (Å²) in [5, 5.41) is 11.3. The van der Waals surface area contributed by atoms with Crippen LogP contribution in [0.4, 0.5) is 0 Å². The van der Waals surface area contributed by atoms with Gasteiger partial charge in [0.1, 0.15) is 5.72 Å². The van der Waals surface area contributed by atoms with E-state index in [2.05, 4.69) is 11.8 Å². The summed E-state index contributed by atoms with van der Waals surface area (Å²) in [5.41, 5.74) is -0.768. The number of likely N-dealkylation sites (tertiary alicyclic amines) is 1. The maximum Gasteiger partial charge on any atom is 0.328 e. The zero-order valence-corrected chi connectivity index (χ0v) is 13.3. The number of ether oxygens (including phenoxy) is 1. The summed E-state index contributed by atoms with van der Waals surface area (Å²) in [6.45, 7) is 4.76. The molecule has 7 heteroatoms. The molecule has 3 heterocycles. The minimum Gasteiger partial charge on any atom is -0.480 e. The van der Waals surface area contributed by atoms with Crippen molar-refractivity contribution in [1.29, 1.82) is 0 Å². The van der Waals surface area contributed by atoms with Gasteiger partial charge in [0.25, 0.3) is 5.91 Å². The van der Waals surface area contributed by atoms with Crippen molar-refractivity contribution in [2.45, 2.75) is 31.5 Å². The Morgan fingerprint density at radius 1 is 1.45 bits per heavy atom. The van der Waals surface area contributed by atoms with Crippen molar-refractivity contribution in [3.63, 3.8) is 0 Å². The van der Waals surface area contributed by atoms with Gasteiger partial charge in [-0.3, -0.25) is 9.69 Å². The number of carboxylic acid groups (broad SMARTS) is 1. The smallest absolute Gasteiger partial charge is 0.328 e. The average molecular weight is 324 g/mol. The minimum absolute atomic E-state index is 0.0680. The Balaban J connectivity index is 1.89. The van der Waals surface area contributed by atoms with Crippen molar-refractivity contribution in [2.24, 2.45) is 0 Å². The van der Waals surface area contributed by atoms with E-state index in [0.717, 1.165) is 19.6 Å². The number of carbonyl (C=O) groups is 2. The second-order valence-corrected chi connectivity index (χ2v) is 6.65. The molecular formula is C15H20N2O4S. The van der Waals surface area contributed by atoms with Crippen molar-refractivity contribution in [1.82, 2.24) is 9.80 Å². The lowest BCUT2D eigenvalue weighted by Gasteiger charge is -2.43. The highest BCUT2D eigenvalue weighted by atomic mass is 32.1. The van der Waals surface area contributed by atoms with Gasteiger partial charge in [0, 0.05) is 25.9 Å². The average Bonchev–Trinajstić information content (AvgIpc) is 3.16. The Morgan fingerprint density at radius 3 is 2.73 bits per heavy atom. The van der Waals surface area contributed by atoms with Crippen LogP contribution in [-0.4, -0.2) is 64.8 Å². The molecule has 1 atom stereocenters. The molecule has 2 aliphatic heterocycles. The molecule has 3 rings (SSSR count). The predicted octanol–water partition coefficient (Wildman–Crippen LogP) is 1.49. The van der Waals surface area contributed by atoms with Gasteiger partial charge in [-0.15, -0.1) is 11.3 Å². The summed E-state index contributed by atoms with van der Waals surface area (Å²) in [6, 6.07) is 2.64. The summed E-state index contributed by atoms with van der Waals surface area (Å²) in [7, 11) is 0. The fourth-order valence-corrected chi connectivity index (χ4v) is 3.95. The molecule has 22 heavy (non-hydrogen) atoms. The Kier molecular flexibility index (Phi) is 4.20. The molecule has 1 aromatic rings. The Bertz CT molecular complexity index is 552. The lowest BCUT2D eigenvalue weighted by Crippen LogP contribution is -2.58. The second kappa shape index (κ2) is 5.98. The van der Waals surface area contributed by atoms with Crippen LogP contribution >= 0.6 is 11.3 Å². The fraction of sp³-hybridized carbons (Fsp3) is 0.600. The fourth-order valence-electron chi connectivity index (χ4n) is 3.29. The number of carboxylic acids is 1. The van der Waals surface area contributed by atoms with Gasteiger partial charge in [-0.2, -0.15) is 0 Å². The first-order valence-corrected chi connectivity index (χ1v) is 8.41. The summed E-state index contributed by atoms with van der Waals surface area (Å²) < 4.78 is 5.88. The number of nitrogens with zero attached hydrogens (tertiary/aromatic N) is 2. The molecule has 120 valence electrons. The van der Waals surface area contributed by atoms with E-state index >= 15 is 0 Å². The van der Waals surface area contributed by atoms with E-state index in [1.54, 1.807) is 12.1 Å². The highest BCUT2D eigenvalue weighted by Gasteiger charge is 2.54. The molecule has 0 radical (unpaired) electrons. The molecule has 2 saturated heterocycles. The highest BCUT2D eigenvalue weighted by Crippen LogP contribution is 2.38. The van der Waals surface area contributed by atoms with E-state index in [4.69, 9.17) is 4.74 Å². The molecule has 0 bridgehead atoms. The maximum atomic E-state index is 12.8. The lowest BCUT2D eigenvalue weighted by molar-refractivity contribution is -0.143. The van der Waals surface area contributed by atoms with Gasteiger partial charge < -0.3 is 14.7 Å². The van der Waals surface area contributed by atoms with Crippen LogP contribution in [0.5, 0.6) is 0 Å². The molecule has 0 saturated carbocycles. The summed E-state index contributed by atoms with van der Waals surface area (Å²) in [6.07, 6.45) is 1.31. The molecule has 0 aromatic carbocycles. The largest absolute Gasteiger partial charge is 0.480 e. The van der Waals surface area contributed by atoms with E-state index in [0.29, 0.717) is 17.7 Å². The van der Waals surface area contributed by atoms with Gasteiger partial charge in [0.15, 0.2) is 6.04 Å². The zero-order chi connectivity index (χ0) is 15.7. The minimum atomic E-state index is -1.00. The third-order valence-corrected chi connectivity index (χ3v) is 5.44. The standard InChI is InChI=1S/C15H20N2O4S/c1-2-16-7-5-15(6-8-16)17(11(10-21-15)14(19)20)13(18)12-4-3-9-22-12/h3-4,9,11H,2,5-8,10H2,1H3,(H,19,20)/t11-/m0/s1. The van der Waals surface area contributed by atoms with Crippen LogP contribution in [-0.2, 0) is 9.53 Å². The topological polar surface area (TPSA) is 70.1 Å². The predicted molar refractivity (Wildman–Crippen MR) is 81.9 cm³/mol. The number of thiophene rings is 1. The molecule has 2 fully saturated rings. The first kappa shape index (κ1) is 15.5. The highest BCUT2D eigenvalue weighted by molar-refractivity contribution is 7.12. The van der Waals surface area contributed by atoms with Crippen LogP contribution in [0.1, 0.15) is 29.4 Å². The normalized spacial score (nSPS) is 24.8. The van der Waals surface area contributed by atoms with Crippen molar-refractivity contribution >= 4 is 23.2 Å². The molecule has 1 aromatic heterocycles. The van der Waals surface area contributed by atoms with Crippen LogP contribution in [0.3, 0.4) is 0 Å². The number of hydrogen-bond donors (Lipinski definition) is 1. The van der Waals surface area contributed by atoms with Crippen LogP contribution < -0.4 is 0 Å². The second-order valence-electron chi connectivity index (χ2n) is 5.70. The van der Waals surface area contributed by atoms with E-state index in [1.165, 1.54) is 16.2 Å². The number of carbonyl (C=O) groups excluding carboxylic acids is 1. The third-order valence-electron chi connectivity index (χ3n) is 4.58. The van der Waals surface area contributed by atoms with Crippen molar-refractivity contribution in [2.75, 3.05) is 26.2 Å². The summed E-state index contributed by atoms with van der Waals surface area (Å²) in [5.74, 6) is -1.23. The van der Waals surface area contributed by atoms with Gasteiger partial charge in [-0.25, -0.2) is 4.79 Å². The van der Waals surface area contributed by atoms with Crippen LogP contribution in [0.15, 0.2) is 17.5 Å². The number of hydrogen-bond acceptors (Lipinski definition) is 5. The summed E-state index contributed by atoms with van der Waals surface area (Å²) >= 11 is 1.33. The first-order valence-electron chi connectivity index (χ1n) is 7.54. The quantitative estimate of drug-likeness (QED) is 0.912. The monoisotopic (exact) mass is 324 g/mol. The van der Waals surface area contributed by atoms with E-state index in [1.807, 2.05) is 5.38 Å². The molecule has 1 spiro atoms. The van der Waals surface area contributed by atoms with Crippen LogP contribution in [0.2, 0.25) is 0 Å². The van der Waals surface area contributed by atoms with Crippen molar-refractivity contribution in [3.05, 3.63) is 22.4 Å². The van der Waals surface area contributed by atoms with Gasteiger partial charge in [-0.1, -0.05) is 13.0 Å². The zero-order valence-electron chi connectivity index (χ0n) is 12.5. The Hall–Kier alpha value is -1.44. The Morgan fingerprint density at radius 2 is 2.18 bits per heavy atom. The molecule has 1 amide bonds. The molecule has 1 N–H and O–H groups in total. The summed E-state index contributed by atoms with van der Waals surface area (Å²) in [4.78, 5) is 28.7. The maximum absolute atomic E-state index is 12.8. The Labute approximate surface area is 133 Å². The van der Waals surface area contributed by atoms with Crippen LogP contribution in [0.25, 0.3) is 0 Å². The number of piperidine rings is 1. The van der Waals surface area contributed by atoms with Gasteiger partial charge in [0.05, 0.1) is 11.5 Å². The van der Waals surface area contributed by atoms with Gasteiger partial charge in [-0.05, 0) is 18.0 Å². The number of amides is 1. The van der Waals surface area contributed by atoms with E-state index in [-0.39, 0.29) is 12.5 Å². The number of rotatable bonds is 3. The lowest BCUT2D eigenvalue weighted by atomic mass is 9.97. The molecular weight excluding hydrogens is 304 g/mol. The first-order chi connectivity index (χ1) is 10.6. The third kappa shape index (κ3) is 2.53. The molecule has 0 aliphatic carbocycles. The molecule has 0 unspecified atom stereocenters. The molecule has 2 aliphatic rings. The van der Waals surface area contributed by atoms with Crippen molar-refractivity contribution in [3.8, 4) is 0 Å². The van der Waals surface area contributed by atoms with Crippen molar-refractivity contribution < 1.29 is 19.4 Å². The van der Waals surface area contributed by atoms with Gasteiger partial charge >= 0.3 is 5.97 Å².